The quantitative estimate of drug-likeness (QED) is 0.688. The molecule has 1 aromatic heterocycles. The summed E-state index contributed by atoms with van der Waals surface area (Å²) >= 11 is 0. The Balaban J connectivity index is 1.28. The predicted octanol–water partition coefficient (Wildman–Crippen LogP) is 2.87. The molecule has 1 saturated heterocycles. The molecule has 0 radical (unpaired) electrons. The van der Waals surface area contributed by atoms with E-state index in [1.807, 2.05) is 17.3 Å². The lowest BCUT2D eigenvalue weighted by molar-refractivity contribution is 0.0745. The number of imidazole rings is 1. The lowest BCUT2D eigenvalue weighted by Gasteiger charge is -2.35. The summed E-state index contributed by atoms with van der Waals surface area (Å²) in [5, 5.41) is 0. The maximum atomic E-state index is 12.9. The van der Waals surface area contributed by atoms with Crippen LogP contribution in [0.4, 0.5) is 5.95 Å². The lowest BCUT2D eigenvalue weighted by Crippen LogP contribution is -2.49. The van der Waals surface area contributed by atoms with Crippen LogP contribution in [0.1, 0.15) is 15.9 Å². The van der Waals surface area contributed by atoms with Gasteiger partial charge >= 0.3 is 0 Å². The summed E-state index contributed by atoms with van der Waals surface area (Å²) in [6, 6.07) is 13.7. The molecule has 0 spiro atoms. The summed E-state index contributed by atoms with van der Waals surface area (Å²) < 4.78 is 12.8. The minimum Gasteiger partial charge on any atom is -0.454 e. The number of hydrogen-bond donors (Lipinski definition) is 0. The molecule has 2 aromatic carbocycles. The zero-order valence-electron chi connectivity index (χ0n) is 16.2. The molecule has 1 fully saturated rings. The number of aryl methyl sites for hydroxylation is 1. The van der Waals surface area contributed by atoms with Crippen molar-refractivity contribution in [2.45, 2.75) is 6.92 Å². The summed E-state index contributed by atoms with van der Waals surface area (Å²) in [6.07, 6.45) is 3.80. The number of anilines is 1. The van der Waals surface area contributed by atoms with Crippen molar-refractivity contribution in [2.75, 3.05) is 37.9 Å². The molecule has 7 nitrogen and oxygen atoms in total. The van der Waals surface area contributed by atoms with Gasteiger partial charge in [0.05, 0.1) is 0 Å². The van der Waals surface area contributed by atoms with Gasteiger partial charge in [-0.2, -0.15) is 0 Å². The molecule has 148 valence electrons. The summed E-state index contributed by atoms with van der Waals surface area (Å²) in [5.41, 5.74) is 2.94. The Bertz CT molecular complexity index is 1040. The van der Waals surface area contributed by atoms with Crippen molar-refractivity contribution in [1.82, 2.24) is 14.5 Å². The van der Waals surface area contributed by atoms with Crippen LogP contribution >= 0.6 is 0 Å². The molecule has 0 unspecified atom stereocenters. The number of aromatic nitrogens is 2. The Morgan fingerprint density at radius 2 is 1.72 bits per heavy atom. The highest BCUT2D eigenvalue weighted by Crippen LogP contribution is 2.33. The van der Waals surface area contributed by atoms with E-state index < -0.39 is 0 Å². The molecule has 1 amide bonds. The van der Waals surface area contributed by atoms with Gasteiger partial charge < -0.3 is 19.3 Å². The molecule has 0 saturated carbocycles. The number of carbonyl (C=O) groups is 1. The number of benzene rings is 2. The van der Waals surface area contributed by atoms with Crippen molar-refractivity contribution in [1.29, 1.82) is 0 Å². The number of fused-ring (bicyclic) bond motifs is 1. The summed E-state index contributed by atoms with van der Waals surface area (Å²) in [7, 11) is 0. The molecule has 0 atom stereocenters. The number of ether oxygens (including phenoxy) is 2. The van der Waals surface area contributed by atoms with E-state index in [-0.39, 0.29) is 12.7 Å². The van der Waals surface area contributed by atoms with Crippen LogP contribution in [0.5, 0.6) is 11.5 Å². The fourth-order valence-electron chi connectivity index (χ4n) is 3.76. The minimum absolute atomic E-state index is 0.0184. The third-order valence-electron chi connectivity index (χ3n) is 5.40. The van der Waals surface area contributed by atoms with Gasteiger partial charge in [-0.05, 0) is 37.3 Å². The van der Waals surface area contributed by atoms with E-state index in [0.29, 0.717) is 30.2 Å². The van der Waals surface area contributed by atoms with Crippen LogP contribution in [0, 0.1) is 6.92 Å². The standard InChI is InChI=1S/C22H22N4O3/c1-16-2-5-18(6-3-16)26-9-8-23-22(26)25-12-10-24(11-13-25)21(27)17-4-7-19-20(14-17)29-15-28-19/h2-9,14H,10-13,15H2,1H3. The molecule has 3 heterocycles. The van der Waals surface area contributed by atoms with Gasteiger partial charge in [-0.15, -0.1) is 0 Å². The van der Waals surface area contributed by atoms with E-state index in [0.717, 1.165) is 24.7 Å². The largest absolute Gasteiger partial charge is 0.454 e. The Morgan fingerprint density at radius 1 is 0.966 bits per heavy atom. The van der Waals surface area contributed by atoms with Crippen LogP contribution in [0.3, 0.4) is 0 Å². The van der Waals surface area contributed by atoms with Crippen LogP contribution in [0.25, 0.3) is 5.69 Å². The number of rotatable bonds is 3. The topological polar surface area (TPSA) is 59.8 Å². The smallest absolute Gasteiger partial charge is 0.254 e. The van der Waals surface area contributed by atoms with Crippen molar-refractivity contribution in [2.24, 2.45) is 0 Å². The Labute approximate surface area is 169 Å². The van der Waals surface area contributed by atoms with E-state index in [4.69, 9.17) is 9.47 Å². The average molecular weight is 390 g/mol. The second-order valence-corrected chi connectivity index (χ2v) is 7.28. The minimum atomic E-state index is 0.0184. The molecule has 0 N–H and O–H groups in total. The molecular formula is C22H22N4O3. The number of carbonyl (C=O) groups excluding carboxylic acids is 1. The molecule has 3 aromatic rings. The fourth-order valence-corrected chi connectivity index (χ4v) is 3.76. The van der Waals surface area contributed by atoms with Gasteiger partial charge in [-0.25, -0.2) is 4.98 Å². The van der Waals surface area contributed by atoms with Crippen LogP contribution in [0.15, 0.2) is 54.9 Å². The van der Waals surface area contributed by atoms with Crippen molar-refractivity contribution in [3.05, 3.63) is 66.0 Å². The maximum absolute atomic E-state index is 12.9. The zero-order chi connectivity index (χ0) is 19.8. The number of hydrogen-bond acceptors (Lipinski definition) is 5. The van der Waals surface area contributed by atoms with Crippen LogP contribution in [-0.2, 0) is 0 Å². The van der Waals surface area contributed by atoms with Gasteiger partial charge in [0.25, 0.3) is 5.91 Å². The van der Waals surface area contributed by atoms with Crippen molar-refractivity contribution < 1.29 is 14.3 Å². The predicted molar refractivity (Wildman–Crippen MR) is 109 cm³/mol. The highest BCUT2D eigenvalue weighted by molar-refractivity contribution is 5.95. The first kappa shape index (κ1) is 17.6. The van der Waals surface area contributed by atoms with E-state index in [1.54, 1.807) is 18.2 Å². The van der Waals surface area contributed by atoms with E-state index in [9.17, 15) is 4.79 Å². The van der Waals surface area contributed by atoms with Gasteiger partial charge in [-0.1, -0.05) is 17.7 Å². The molecular weight excluding hydrogens is 368 g/mol. The zero-order valence-corrected chi connectivity index (χ0v) is 16.2. The maximum Gasteiger partial charge on any atom is 0.254 e. The number of amides is 1. The SMILES string of the molecule is Cc1ccc(-n2ccnc2N2CCN(C(=O)c3ccc4c(c3)OCO4)CC2)cc1. The molecule has 2 aliphatic heterocycles. The molecule has 2 aliphatic rings. The average Bonchev–Trinajstić information content (AvgIpc) is 3.43. The van der Waals surface area contributed by atoms with Crippen molar-refractivity contribution in [3.8, 4) is 17.2 Å². The molecule has 0 aliphatic carbocycles. The summed E-state index contributed by atoms with van der Waals surface area (Å²) in [5.74, 6) is 2.25. The Hall–Kier alpha value is -3.48. The molecule has 5 rings (SSSR count). The van der Waals surface area contributed by atoms with Gasteiger partial charge in [0.2, 0.25) is 12.7 Å². The van der Waals surface area contributed by atoms with Crippen molar-refractivity contribution >= 4 is 11.9 Å². The van der Waals surface area contributed by atoms with Gasteiger partial charge in [0.1, 0.15) is 0 Å². The number of nitrogens with zero attached hydrogens (tertiary/aromatic N) is 4. The third kappa shape index (κ3) is 3.29. The Kier molecular flexibility index (Phi) is 4.35. The third-order valence-corrected chi connectivity index (χ3v) is 5.40. The van der Waals surface area contributed by atoms with Crippen LogP contribution < -0.4 is 14.4 Å². The molecule has 29 heavy (non-hydrogen) atoms. The van der Waals surface area contributed by atoms with Gasteiger partial charge in [0.15, 0.2) is 11.5 Å². The first-order valence-electron chi connectivity index (χ1n) is 9.73. The van der Waals surface area contributed by atoms with Crippen LogP contribution in [0.2, 0.25) is 0 Å². The van der Waals surface area contributed by atoms with Crippen LogP contribution in [-0.4, -0.2) is 53.3 Å². The number of piperazine rings is 1. The molecule has 7 heteroatoms. The fraction of sp³-hybridized carbons (Fsp3) is 0.273. The summed E-state index contributed by atoms with van der Waals surface area (Å²) in [6.45, 7) is 5.05. The monoisotopic (exact) mass is 390 g/mol. The highest BCUT2D eigenvalue weighted by Gasteiger charge is 2.26. The second kappa shape index (κ2) is 7.16. The normalized spacial score (nSPS) is 15.6. The van der Waals surface area contributed by atoms with Gasteiger partial charge in [-0.3, -0.25) is 9.36 Å². The summed E-state index contributed by atoms with van der Waals surface area (Å²) in [4.78, 5) is 21.6. The van der Waals surface area contributed by atoms with Gasteiger partial charge in [0, 0.05) is 49.8 Å². The Morgan fingerprint density at radius 3 is 2.52 bits per heavy atom. The van der Waals surface area contributed by atoms with E-state index in [2.05, 4.69) is 45.6 Å². The first-order valence-corrected chi connectivity index (χ1v) is 9.73. The lowest BCUT2D eigenvalue weighted by atomic mass is 10.1. The van der Waals surface area contributed by atoms with Crippen molar-refractivity contribution in [3.63, 3.8) is 0 Å². The van der Waals surface area contributed by atoms with E-state index in [1.165, 1.54) is 5.56 Å². The highest BCUT2D eigenvalue weighted by atomic mass is 16.7. The van der Waals surface area contributed by atoms with E-state index >= 15 is 0 Å². The second-order valence-electron chi connectivity index (χ2n) is 7.28. The molecule has 0 bridgehead atoms. The first-order chi connectivity index (χ1) is 14.2.